The van der Waals surface area contributed by atoms with Gasteiger partial charge in [0.15, 0.2) is 0 Å². The van der Waals surface area contributed by atoms with Crippen LogP contribution in [-0.4, -0.2) is 58.8 Å². The van der Waals surface area contributed by atoms with E-state index in [1.165, 1.54) is 0 Å². The van der Waals surface area contributed by atoms with E-state index in [2.05, 4.69) is 10.3 Å². The number of likely N-dealkylation sites (tertiary alicyclic amines) is 1. The SMILES string of the molecule is CC(=O)N1CCCC1C(=O)N1CCNCC1c1cccnc1.Cl. The lowest BCUT2D eigenvalue weighted by molar-refractivity contribution is -0.145. The van der Waals surface area contributed by atoms with Gasteiger partial charge in [-0.1, -0.05) is 6.07 Å². The topological polar surface area (TPSA) is 65.5 Å². The molecule has 2 atom stereocenters. The van der Waals surface area contributed by atoms with Gasteiger partial charge in [-0.15, -0.1) is 12.4 Å². The number of hydrogen-bond acceptors (Lipinski definition) is 4. The Bertz CT molecular complexity index is 554. The molecule has 0 aromatic carbocycles. The van der Waals surface area contributed by atoms with Gasteiger partial charge >= 0.3 is 0 Å². The average Bonchev–Trinajstić information content (AvgIpc) is 3.05. The molecule has 3 rings (SSSR count). The number of nitrogens with one attached hydrogen (secondary N) is 1. The van der Waals surface area contributed by atoms with Crippen molar-refractivity contribution in [3.8, 4) is 0 Å². The van der Waals surface area contributed by atoms with Gasteiger partial charge in [-0.2, -0.15) is 0 Å². The Morgan fingerprint density at radius 2 is 2.13 bits per heavy atom. The van der Waals surface area contributed by atoms with Crippen LogP contribution < -0.4 is 5.32 Å². The Hall–Kier alpha value is -1.66. The van der Waals surface area contributed by atoms with Crippen LogP contribution in [0.25, 0.3) is 0 Å². The zero-order chi connectivity index (χ0) is 15.5. The minimum Gasteiger partial charge on any atom is -0.331 e. The molecule has 1 aromatic heterocycles. The summed E-state index contributed by atoms with van der Waals surface area (Å²) in [6.45, 7) is 4.41. The number of nitrogens with zero attached hydrogens (tertiary/aromatic N) is 3. The fraction of sp³-hybridized carbons (Fsp3) is 0.562. The van der Waals surface area contributed by atoms with Crippen LogP contribution in [-0.2, 0) is 9.59 Å². The Balaban J connectivity index is 0.00000192. The number of aromatic nitrogens is 1. The van der Waals surface area contributed by atoms with Crippen LogP contribution in [0.15, 0.2) is 24.5 Å². The number of rotatable bonds is 2. The summed E-state index contributed by atoms with van der Waals surface area (Å²) in [6.07, 6.45) is 5.22. The predicted molar refractivity (Wildman–Crippen MR) is 89.2 cm³/mol. The van der Waals surface area contributed by atoms with Gasteiger partial charge in [-0.3, -0.25) is 14.6 Å². The van der Waals surface area contributed by atoms with E-state index in [1.807, 2.05) is 23.2 Å². The van der Waals surface area contributed by atoms with E-state index in [1.54, 1.807) is 18.0 Å². The second-order valence-corrected chi connectivity index (χ2v) is 5.91. The van der Waals surface area contributed by atoms with Crippen molar-refractivity contribution < 1.29 is 9.59 Å². The lowest BCUT2D eigenvalue weighted by atomic mass is 10.0. The lowest BCUT2D eigenvalue weighted by Gasteiger charge is -2.39. The summed E-state index contributed by atoms with van der Waals surface area (Å²) in [7, 11) is 0. The third kappa shape index (κ3) is 3.64. The van der Waals surface area contributed by atoms with Gasteiger partial charge in [0.1, 0.15) is 6.04 Å². The standard InChI is InChI=1S/C16H22N4O2.ClH/c1-12(21)19-8-3-5-14(19)16(22)20-9-7-18-11-15(20)13-4-2-6-17-10-13;/h2,4,6,10,14-15,18H,3,5,7-9,11H2,1H3;1H. The molecule has 0 aliphatic carbocycles. The molecule has 2 amide bonds. The average molecular weight is 339 g/mol. The van der Waals surface area contributed by atoms with Crippen molar-refractivity contribution in [1.29, 1.82) is 0 Å². The molecule has 2 fully saturated rings. The first kappa shape index (κ1) is 17.7. The molecule has 2 aliphatic heterocycles. The molecule has 2 aliphatic rings. The van der Waals surface area contributed by atoms with Crippen LogP contribution in [0.4, 0.5) is 0 Å². The van der Waals surface area contributed by atoms with Crippen molar-refractivity contribution in [1.82, 2.24) is 20.1 Å². The first-order valence-electron chi connectivity index (χ1n) is 7.87. The summed E-state index contributed by atoms with van der Waals surface area (Å²) in [5.41, 5.74) is 1.04. The van der Waals surface area contributed by atoms with E-state index < -0.39 is 0 Å². The molecule has 0 spiro atoms. The van der Waals surface area contributed by atoms with E-state index in [4.69, 9.17) is 0 Å². The highest BCUT2D eigenvalue weighted by atomic mass is 35.5. The number of pyridine rings is 1. The van der Waals surface area contributed by atoms with Gasteiger partial charge in [0.25, 0.3) is 0 Å². The molecule has 2 unspecified atom stereocenters. The Kier molecular flexibility index (Phi) is 5.96. The van der Waals surface area contributed by atoms with Crippen LogP contribution in [0, 0.1) is 0 Å². The molecule has 126 valence electrons. The number of piperazine rings is 1. The van der Waals surface area contributed by atoms with Gasteiger partial charge in [-0.25, -0.2) is 0 Å². The molecule has 0 radical (unpaired) electrons. The van der Waals surface area contributed by atoms with Gasteiger partial charge in [0.05, 0.1) is 6.04 Å². The number of halogens is 1. The summed E-state index contributed by atoms with van der Waals surface area (Å²) in [6, 6.07) is 3.59. The number of amides is 2. The summed E-state index contributed by atoms with van der Waals surface area (Å²) < 4.78 is 0. The van der Waals surface area contributed by atoms with Crippen molar-refractivity contribution in [2.75, 3.05) is 26.2 Å². The van der Waals surface area contributed by atoms with E-state index in [0.29, 0.717) is 13.1 Å². The van der Waals surface area contributed by atoms with Crippen LogP contribution in [0.5, 0.6) is 0 Å². The molecule has 1 aromatic rings. The van der Waals surface area contributed by atoms with E-state index in [9.17, 15) is 9.59 Å². The predicted octanol–water partition coefficient (Wildman–Crippen LogP) is 0.987. The van der Waals surface area contributed by atoms with Crippen molar-refractivity contribution in [3.05, 3.63) is 30.1 Å². The third-order valence-electron chi connectivity index (χ3n) is 4.54. The number of hydrogen-bond donors (Lipinski definition) is 1. The molecular weight excluding hydrogens is 316 g/mol. The normalized spacial score (nSPS) is 24.2. The largest absolute Gasteiger partial charge is 0.331 e. The third-order valence-corrected chi connectivity index (χ3v) is 4.54. The summed E-state index contributed by atoms with van der Waals surface area (Å²) in [4.78, 5) is 32.5. The molecular formula is C16H23ClN4O2. The van der Waals surface area contributed by atoms with Gasteiger partial charge in [0, 0.05) is 45.5 Å². The molecule has 6 nitrogen and oxygen atoms in total. The van der Waals surface area contributed by atoms with E-state index in [-0.39, 0.29) is 36.3 Å². The first-order chi connectivity index (χ1) is 10.7. The fourth-order valence-electron chi connectivity index (χ4n) is 3.43. The fourth-order valence-corrected chi connectivity index (χ4v) is 3.43. The van der Waals surface area contributed by atoms with Crippen LogP contribution in [0.2, 0.25) is 0 Å². The Morgan fingerprint density at radius 3 is 2.83 bits per heavy atom. The van der Waals surface area contributed by atoms with Gasteiger partial charge in [-0.05, 0) is 24.5 Å². The molecule has 2 saturated heterocycles. The summed E-state index contributed by atoms with van der Waals surface area (Å²) in [5.74, 6) is 0.0620. The highest BCUT2D eigenvalue weighted by Crippen LogP contribution is 2.26. The number of carbonyl (C=O) groups excluding carboxylic acids is 2. The van der Waals surface area contributed by atoms with Gasteiger partial charge < -0.3 is 15.1 Å². The maximum absolute atomic E-state index is 13.0. The van der Waals surface area contributed by atoms with Crippen molar-refractivity contribution >= 4 is 24.2 Å². The first-order valence-corrected chi connectivity index (χ1v) is 7.87. The molecule has 0 saturated carbocycles. The monoisotopic (exact) mass is 338 g/mol. The molecule has 7 heteroatoms. The van der Waals surface area contributed by atoms with Crippen LogP contribution in [0.3, 0.4) is 0 Å². The highest BCUT2D eigenvalue weighted by Gasteiger charge is 2.38. The Morgan fingerprint density at radius 1 is 1.30 bits per heavy atom. The van der Waals surface area contributed by atoms with E-state index in [0.717, 1.165) is 31.5 Å². The zero-order valence-corrected chi connectivity index (χ0v) is 14.1. The maximum atomic E-state index is 13.0. The highest BCUT2D eigenvalue weighted by molar-refractivity contribution is 5.88. The van der Waals surface area contributed by atoms with Crippen LogP contribution in [0.1, 0.15) is 31.4 Å². The quantitative estimate of drug-likeness (QED) is 0.873. The van der Waals surface area contributed by atoms with Crippen molar-refractivity contribution in [3.63, 3.8) is 0 Å². The molecule has 1 N–H and O–H groups in total. The maximum Gasteiger partial charge on any atom is 0.245 e. The summed E-state index contributed by atoms with van der Waals surface area (Å²) >= 11 is 0. The lowest BCUT2D eigenvalue weighted by Crippen LogP contribution is -2.54. The molecule has 0 bridgehead atoms. The minimum absolute atomic E-state index is 0. The van der Waals surface area contributed by atoms with Gasteiger partial charge in [0.2, 0.25) is 11.8 Å². The van der Waals surface area contributed by atoms with Crippen molar-refractivity contribution in [2.45, 2.75) is 31.8 Å². The summed E-state index contributed by atoms with van der Waals surface area (Å²) in [5, 5.41) is 3.34. The number of carbonyl (C=O) groups is 2. The Labute approximate surface area is 142 Å². The van der Waals surface area contributed by atoms with Crippen LogP contribution >= 0.6 is 12.4 Å². The zero-order valence-electron chi connectivity index (χ0n) is 13.3. The van der Waals surface area contributed by atoms with Crippen molar-refractivity contribution in [2.24, 2.45) is 0 Å². The minimum atomic E-state index is -0.297. The smallest absolute Gasteiger partial charge is 0.245 e. The second kappa shape index (κ2) is 7.75. The second-order valence-electron chi connectivity index (χ2n) is 5.91. The van der Waals surface area contributed by atoms with E-state index >= 15 is 0 Å². The molecule has 3 heterocycles. The molecule has 23 heavy (non-hydrogen) atoms.